The number of carbonyl (C=O) groups is 2. The van der Waals surface area contributed by atoms with Crippen LogP contribution >= 0.6 is 11.6 Å². The van der Waals surface area contributed by atoms with Crippen LogP contribution in [0.25, 0.3) is 5.70 Å². The van der Waals surface area contributed by atoms with E-state index in [1.807, 2.05) is 36.4 Å². The fourth-order valence-electron chi connectivity index (χ4n) is 3.63. The molecule has 0 saturated carbocycles. The van der Waals surface area contributed by atoms with E-state index in [9.17, 15) is 9.59 Å². The monoisotopic (exact) mass is 478 g/mol. The number of halogens is 1. The Morgan fingerprint density at radius 1 is 0.912 bits per heavy atom. The van der Waals surface area contributed by atoms with Gasteiger partial charge in [-0.3, -0.25) is 0 Å². The molecule has 3 aromatic carbocycles. The van der Waals surface area contributed by atoms with Gasteiger partial charge in [-0.1, -0.05) is 35.9 Å². The number of ether oxygens (including phenoxy) is 3. The van der Waals surface area contributed by atoms with E-state index in [2.05, 4.69) is 10.6 Å². The second kappa shape index (κ2) is 10.3. The van der Waals surface area contributed by atoms with Crippen LogP contribution in [0.15, 0.2) is 78.4 Å². The fourth-order valence-corrected chi connectivity index (χ4v) is 3.76. The molecule has 4 rings (SSSR count). The number of hydrogen-bond acceptors (Lipinski definition) is 5. The molecule has 3 aromatic rings. The van der Waals surface area contributed by atoms with Crippen LogP contribution in [0, 0.1) is 0 Å². The van der Waals surface area contributed by atoms with Gasteiger partial charge in [0.25, 0.3) is 0 Å². The number of hydrogen-bond donors (Lipinski definition) is 2. The predicted octanol–water partition coefficient (Wildman–Crippen LogP) is 4.87. The van der Waals surface area contributed by atoms with Gasteiger partial charge in [0.05, 0.1) is 31.5 Å². The summed E-state index contributed by atoms with van der Waals surface area (Å²) in [6.45, 7) is 0.384. The van der Waals surface area contributed by atoms with E-state index in [4.69, 9.17) is 25.8 Å². The van der Waals surface area contributed by atoms with Crippen LogP contribution in [-0.2, 0) is 16.1 Å². The molecule has 0 bridgehead atoms. The zero-order valence-corrected chi connectivity index (χ0v) is 19.4. The highest BCUT2D eigenvalue weighted by Gasteiger charge is 2.34. The summed E-state index contributed by atoms with van der Waals surface area (Å²) in [7, 11) is 2.88. The molecule has 8 heteroatoms. The van der Waals surface area contributed by atoms with Crippen molar-refractivity contribution in [3.63, 3.8) is 0 Å². The van der Waals surface area contributed by atoms with Crippen molar-refractivity contribution in [1.29, 1.82) is 0 Å². The van der Waals surface area contributed by atoms with Crippen molar-refractivity contribution in [2.45, 2.75) is 12.6 Å². The quantitative estimate of drug-likeness (QED) is 0.473. The Labute approximate surface area is 202 Å². The molecule has 34 heavy (non-hydrogen) atoms. The number of methoxy groups -OCH3 is 2. The van der Waals surface area contributed by atoms with Gasteiger partial charge in [0.2, 0.25) is 0 Å². The van der Waals surface area contributed by atoms with E-state index in [0.29, 0.717) is 45.5 Å². The van der Waals surface area contributed by atoms with Crippen LogP contribution in [0.1, 0.15) is 22.7 Å². The largest absolute Gasteiger partial charge is 0.497 e. The molecule has 1 atom stereocenters. The summed E-state index contributed by atoms with van der Waals surface area (Å²) in [6, 6.07) is 20.5. The molecule has 174 valence electrons. The van der Waals surface area contributed by atoms with Gasteiger partial charge >= 0.3 is 12.0 Å². The smallest absolute Gasteiger partial charge is 0.338 e. The second-order valence-electron chi connectivity index (χ2n) is 7.52. The number of carbonyl (C=O) groups excluding carboxylic acids is 2. The maximum atomic E-state index is 12.8. The van der Waals surface area contributed by atoms with Crippen LogP contribution in [-0.4, -0.2) is 26.2 Å². The standard InChI is InChI=1S/C26H23ClN2O5/c1-32-20-11-5-17(6-12-20)23-22(25(30)33-2)24(29-26(31)28-23)18-7-13-21(14-8-18)34-15-16-3-9-19(27)10-4-16/h3-14,24H,15H2,1-2H3,(H2,28,29,31). The summed E-state index contributed by atoms with van der Waals surface area (Å²) in [6.07, 6.45) is 0. The summed E-state index contributed by atoms with van der Waals surface area (Å²) in [5.74, 6) is 0.763. The van der Waals surface area contributed by atoms with Gasteiger partial charge in [0.15, 0.2) is 0 Å². The molecule has 0 saturated heterocycles. The Hall–Kier alpha value is -3.97. The molecular formula is C26H23ClN2O5. The van der Waals surface area contributed by atoms with E-state index in [1.165, 1.54) is 7.11 Å². The number of urea groups is 1. The van der Waals surface area contributed by atoms with Crippen molar-refractivity contribution in [2.75, 3.05) is 14.2 Å². The van der Waals surface area contributed by atoms with Crippen LogP contribution < -0.4 is 20.1 Å². The SMILES string of the molecule is COC(=O)C1=C(c2ccc(OC)cc2)NC(=O)NC1c1ccc(OCc2ccc(Cl)cc2)cc1. The number of amides is 2. The topological polar surface area (TPSA) is 85.9 Å². The third-order valence-electron chi connectivity index (χ3n) is 5.39. The lowest BCUT2D eigenvalue weighted by Crippen LogP contribution is -2.45. The third kappa shape index (κ3) is 5.15. The summed E-state index contributed by atoms with van der Waals surface area (Å²) in [5.41, 5.74) is 3.02. The van der Waals surface area contributed by atoms with Gasteiger partial charge in [0.1, 0.15) is 18.1 Å². The molecule has 1 unspecified atom stereocenters. The average molecular weight is 479 g/mol. The summed E-state index contributed by atoms with van der Waals surface area (Å²) in [5, 5.41) is 6.23. The maximum absolute atomic E-state index is 12.8. The van der Waals surface area contributed by atoms with Crippen molar-refractivity contribution in [2.24, 2.45) is 0 Å². The van der Waals surface area contributed by atoms with Gasteiger partial charge < -0.3 is 24.8 Å². The normalized spacial score (nSPS) is 15.3. The van der Waals surface area contributed by atoms with Crippen LogP contribution in [0.3, 0.4) is 0 Å². The minimum absolute atomic E-state index is 0.294. The molecule has 1 aliphatic rings. The molecule has 0 spiro atoms. The van der Waals surface area contributed by atoms with Crippen molar-refractivity contribution in [3.05, 3.63) is 100 Å². The number of benzene rings is 3. The van der Waals surface area contributed by atoms with Crippen LogP contribution in [0.5, 0.6) is 11.5 Å². The van der Waals surface area contributed by atoms with E-state index < -0.39 is 18.0 Å². The lowest BCUT2D eigenvalue weighted by atomic mass is 9.92. The van der Waals surface area contributed by atoms with E-state index >= 15 is 0 Å². The Bertz CT molecular complexity index is 1210. The van der Waals surface area contributed by atoms with Crippen LogP contribution in [0.4, 0.5) is 4.79 Å². The minimum Gasteiger partial charge on any atom is -0.497 e. The minimum atomic E-state index is -0.705. The Morgan fingerprint density at radius 2 is 1.56 bits per heavy atom. The van der Waals surface area contributed by atoms with Gasteiger partial charge in [-0.05, 0) is 65.2 Å². The van der Waals surface area contributed by atoms with E-state index in [-0.39, 0.29) is 0 Å². The fraction of sp³-hybridized carbons (Fsp3) is 0.154. The molecule has 0 radical (unpaired) electrons. The first-order valence-electron chi connectivity index (χ1n) is 10.5. The van der Waals surface area contributed by atoms with Gasteiger partial charge in [-0.2, -0.15) is 0 Å². The lowest BCUT2D eigenvalue weighted by Gasteiger charge is -2.29. The molecule has 1 heterocycles. The highest BCUT2D eigenvalue weighted by atomic mass is 35.5. The molecule has 0 fully saturated rings. The van der Waals surface area contributed by atoms with E-state index in [0.717, 1.165) is 5.56 Å². The lowest BCUT2D eigenvalue weighted by molar-refractivity contribution is -0.136. The zero-order valence-electron chi connectivity index (χ0n) is 18.6. The summed E-state index contributed by atoms with van der Waals surface area (Å²) < 4.78 is 16.1. The predicted molar refractivity (Wildman–Crippen MR) is 129 cm³/mol. The molecule has 1 aliphatic heterocycles. The molecule has 7 nitrogen and oxygen atoms in total. The molecule has 2 N–H and O–H groups in total. The first-order chi connectivity index (χ1) is 16.5. The summed E-state index contributed by atoms with van der Waals surface area (Å²) >= 11 is 5.92. The van der Waals surface area contributed by atoms with Gasteiger partial charge in [-0.25, -0.2) is 9.59 Å². The Kier molecular flexibility index (Phi) is 7.04. The Morgan fingerprint density at radius 3 is 2.18 bits per heavy atom. The molecule has 2 amide bonds. The molecular weight excluding hydrogens is 456 g/mol. The Balaban J connectivity index is 1.62. The molecule has 0 aromatic heterocycles. The highest BCUT2D eigenvalue weighted by Crippen LogP contribution is 2.33. The van der Waals surface area contributed by atoms with Gasteiger partial charge in [-0.15, -0.1) is 0 Å². The zero-order chi connectivity index (χ0) is 24.1. The van der Waals surface area contributed by atoms with Crippen molar-refractivity contribution >= 4 is 29.3 Å². The van der Waals surface area contributed by atoms with Crippen molar-refractivity contribution in [3.8, 4) is 11.5 Å². The first-order valence-corrected chi connectivity index (χ1v) is 10.9. The van der Waals surface area contributed by atoms with Crippen molar-refractivity contribution in [1.82, 2.24) is 10.6 Å². The number of rotatable bonds is 7. The maximum Gasteiger partial charge on any atom is 0.338 e. The molecule has 0 aliphatic carbocycles. The second-order valence-corrected chi connectivity index (χ2v) is 7.96. The third-order valence-corrected chi connectivity index (χ3v) is 5.64. The first kappa shape index (κ1) is 23.2. The average Bonchev–Trinajstić information content (AvgIpc) is 2.88. The van der Waals surface area contributed by atoms with Crippen LogP contribution in [0.2, 0.25) is 5.02 Å². The van der Waals surface area contributed by atoms with Gasteiger partial charge in [0, 0.05) is 5.02 Å². The summed E-state index contributed by atoms with van der Waals surface area (Å²) in [4.78, 5) is 25.3. The van der Waals surface area contributed by atoms with E-state index in [1.54, 1.807) is 43.5 Å². The highest BCUT2D eigenvalue weighted by molar-refractivity contribution is 6.30. The number of esters is 1. The van der Waals surface area contributed by atoms with Crippen molar-refractivity contribution < 1.29 is 23.8 Å². The number of nitrogens with one attached hydrogen (secondary N) is 2.